The van der Waals surface area contributed by atoms with Crippen LogP contribution in [0.1, 0.15) is 98.8 Å². The van der Waals surface area contributed by atoms with E-state index in [2.05, 4.69) is 36.4 Å². The molecule has 2 amide bonds. The third-order valence-corrected chi connectivity index (χ3v) is 14.6. The Hall–Kier alpha value is -2.07. The monoisotopic (exact) mass is 653 g/mol. The van der Waals surface area contributed by atoms with Crippen LogP contribution in [0, 0.1) is 52.3 Å². The maximum absolute atomic E-state index is 13.4. The fourth-order valence-electron chi connectivity index (χ4n) is 10.7. The lowest BCUT2D eigenvalue weighted by Gasteiger charge is -2.63. The van der Waals surface area contributed by atoms with E-state index >= 15 is 0 Å². The highest BCUT2D eigenvalue weighted by Gasteiger charge is 2.65. The average Bonchev–Trinajstić information content (AvgIpc) is 3.60. The number of fused-ring (bicyclic) bond motifs is 6. The molecule has 0 spiro atoms. The highest BCUT2D eigenvalue weighted by Crippen LogP contribution is 2.68. The number of nitrogens with one attached hydrogen (secondary N) is 2. The number of benzene rings is 1. The molecule has 4 fully saturated rings. The second-order valence-electron chi connectivity index (χ2n) is 15.9. The van der Waals surface area contributed by atoms with Crippen LogP contribution in [0.15, 0.2) is 24.3 Å². The number of aliphatic hydroxyl groups excluding tert-OH is 3. The first-order chi connectivity index (χ1) is 21.9. The molecule has 1 aromatic heterocycles. The van der Waals surface area contributed by atoms with Gasteiger partial charge in [0.05, 0.1) is 28.5 Å². The van der Waals surface area contributed by atoms with Crippen molar-refractivity contribution in [1.29, 1.82) is 0 Å². The zero-order chi connectivity index (χ0) is 33.0. The average molecular weight is 654 g/mol. The van der Waals surface area contributed by atoms with E-state index in [9.17, 15) is 24.9 Å². The van der Waals surface area contributed by atoms with Crippen LogP contribution in [0.3, 0.4) is 0 Å². The second-order valence-corrected chi connectivity index (χ2v) is 17.0. The molecule has 8 nitrogen and oxygen atoms in total. The van der Waals surface area contributed by atoms with Crippen molar-refractivity contribution in [2.45, 2.75) is 123 Å². The largest absolute Gasteiger partial charge is 0.393 e. The van der Waals surface area contributed by atoms with Gasteiger partial charge >= 0.3 is 0 Å². The fraction of sp³-hybridized carbons (Fsp3) is 0.757. The maximum atomic E-state index is 13.4. The Morgan fingerprint density at radius 2 is 1.80 bits per heavy atom. The topological polar surface area (TPSA) is 132 Å². The third-order valence-electron chi connectivity index (χ3n) is 13.7. The number of anilines is 1. The summed E-state index contributed by atoms with van der Waals surface area (Å²) in [6.07, 6.45) is 6.65. The Balaban J connectivity index is 1.09. The van der Waals surface area contributed by atoms with Gasteiger partial charge in [0, 0.05) is 6.42 Å². The van der Waals surface area contributed by atoms with Crippen LogP contribution in [0.4, 0.5) is 5.13 Å². The van der Waals surface area contributed by atoms with Crippen molar-refractivity contribution in [3.8, 4) is 0 Å². The Labute approximate surface area is 278 Å². The van der Waals surface area contributed by atoms with Gasteiger partial charge in [-0.1, -0.05) is 64.5 Å². The van der Waals surface area contributed by atoms with E-state index in [1.807, 2.05) is 38.1 Å². The SMILES string of the molecule is CC[C@@H](C)[C@H](NC(=O)CC[C@@H](C)[C@H]1CC[C@H]2[C@@H]3[C@H](O)C[C@@H]4C[C@H](O)CC[C@]4(C)[C@H]3C[C@H](O)[C@]12C)C(=O)Nc1nc2ccccc2s1. The van der Waals surface area contributed by atoms with Gasteiger partial charge in [-0.25, -0.2) is 4.98 Å². The van der Waals surface area contributed by atoms with E-state index in [4.69, 9.17) is 0 Å². The highest BCUT2D eigenvalue weighted by molar-refractivity contribution is 7.22. The molecule has 6 rings (SSSR count). The first-order valence-electron chi connectivity index (χ1n) is 17.9. The molecule has 5 N–H and O–H groups in total. The zero-order valence-electron chi connectivity index (χ0n) is 28.2. The molecule has 1 heterocycles. The van der Waals surface area contributed by atoms with Crippen molar-refractivity contribution in [3.05, 3.63) is 24.3 Å². The van der Waals surface area contributed by atoms with Gasteiger partial charge in [0.25, 0.3) is 0 Å². The Kier molecular flexibility index (Phi) is 9.62. The Morgan fingerprint density at radius 1 is 1.04 bits per heavy atom. The molecular weight excluding hydrogens is 598 g/mol. The molecule has 46 heavy (non-hydrogen) atoms. The number of para-hydroxylation sites is 1. The van der Waals surface area contributed by atoms with Crippen LogP contribution in [-0.4, -0.2) is 56.5 Å². The molecule has 254 valence electrons. The molecule has 0 saturated heterocycles. The van der Waals surface area contributed by atoms with Crippen molar-refractivity contribution in [1.82, 2.24) is 10.3 Å². The quantitative estimate of drug-likeness (QED) is 0.221. The normalized spacial score (nSPS) is 39.0. The molecule has 4 aliphatic rings. The minimum atomic E-state index is -0.649. The van der Waals surface area contributed by atoms with Crippen LogP contribution in [0.5, 0.6) is 0 Å². The van der Waals surface area contributed by atoms with Gasteiger partial charge in [-0.2, -0.15) is 0 Å². The van der Waals surface area contributed by atoms with Gasteiger partial charge in [0.2, 0.25) is 11.8 Å². The predicted molar refractivity (Wildman–Crippen MR) is 182 cm³/mol. The third kappa shape index (κ3) is 5.92. The van der Waals surface area contributed by atoms with Gasteiger partial charge in [-0.15, -0.1) is 0 Å². The number of nitrogens with zero attached hydrogens (tertiary/aromatic N) is 1. The number of hydrogen-bond acceptors (Lipinski definition) is 7. The summed E-state index contributed by atoms with van der Waals surface area (Å²) in [6.45, 7) is 10.8. The van der Waals surface area contributed by atoms with E-state index in [1.165, 1.54) is 11.3 Å². The molecular formula is C37H55N3O5S. The Morgan fingerprint density at radius 3 is 2.54 bits per heavy atom. The molecule has 4 saturated carbocycles. The van der Waals surface area contributed by atoms with Gasteiger partial charge < -0.3 is 26.0 Å². The van der Waals surface area contributed by atoms with Crippen LogP contribution >= 0.6 is 11.3 Å². The fourth-order valence-corrected chi connectivity index (χ4v) is 11.6. The van der Waals surface area contributed by atoms with Crippen molar-refractivity contribution in [2.75, 3.05) is 5.32 Å². The summed E-state index contributed by atoms with van der Waals surface area (Å²) < 4.78 is 1.00. The summed E-state index contributed by atoms with van der Waals surface area (Å²) in [6, 6.07) is 7.12. The number of rotatable bonds is 9. The molecule has 1 aromatic carbocycles. The van der Waals surface area contributed by atoms with Gasteiger partial charge in [0.15, 0.2) is 5.13 Å². The smallest absolute Gasteiger partial charge is 0.249 e. The maximum Gasteiger partial charge on any atom is 0.249 e. The van der Waals surface area contributed by atoms with Crippen molar-refractivity contribution < 1.29 is 24.9 Å². The zero-order valence-corrected chi connectivity index (χ0v) is 29.1. The molecule has 9 heteroatoms. The first kappa shape index (κ1) is 33.8. The highest BCUT2D eigenvalue weighted by atomic mass is 32.1. The van der Waals surface area contributed by atoms with Crippen molar-refractivity contribution >= 4 is 38.5 Å². The summed E-state index contributed by atoms with van der Waals surface area (Å²) in [5.41, 5.74) is 0.595. The molecule has 0 aliphatic heterocycles. The van der Waals surface area contributed by atoms with E-state index in [0.717, 1.165) is 55.2 Å². The first-order valence-corrected chi connectivity index (χ1v) is 18.7. The van der Waals surface area contributed by atoms with E-state index < -0.39 is 18.2 Å². The van der Waals surface area contributed by atoms with E-state index in [1.54, 1.807) is 0 Å². The predicted octanol–water partition coefficient (Wildman–Crippen LogP) is 6.14. The molecule has 0 bridgehead atoms. The molecule has 2 aromatic rings. The minimum absolute atomic E-state index is 0.0357. The van der Waals surface area contributed by atoms with Crippen molar-refractivity contribution in [2.24, 2.45) is 52.3 Å². The van der Waals surface area contributed by atoms with E-state index in [-0.39, 0.29) is 64.3 Å². The number of carbonyl (C=O) groups excluding carboxylic acids is 2. The number of aliphatic hydroxyl groups is 3. The van der Waals surface area contributed by atoms with Gasteiger partial charge in [-0.05, 0) is 116 Å². The molecule has 13 atom stereocenters. The number of hydrogen-bond donors (Lipinski definition) is 5. The van der Waals surface area contributed by atoms with Gasteiger partial charge in [0.1, 0.15) is 6.04 Å². The second kappa shape index (κ2) is 13.1. The summed E-state index contributed by atoms with van der Waals surface area (Å²) >= 11 is 1.43. The van der Waals surface area contributed by atoms with Crippen LogP contribution in [0.25, 0.3) is 10.2 Å². The standard InChI is InChI=1S/C37H55N3O5S/c1-6-20(2)33(34(45)40-35-38-27-9-7-8-10-29(27)46-35)39-31(44)14-11-21(3)24-12-13-25-32-26(19-30(43)37(24,25)5)36(4)16-15-23(41)17-22(36)18-28(32)42/h7-10,20-26,28,30,32-33,41-43H,6,11-19H2,1-5H3,(H,39,44)(H,38,40,45)/t20-,21-,22+,23-,24-,25+,26+,28-,30+,32+,33+,36+,37-/m1/s1. The Bertz CT molecular complexity index is 1380. The van der Waals surface area contributed by atoms with Crippen molar-refractivity contribution in [3.63, 3.8) is 0 Å². The van der Waals surface area contributed by atoms with Gasteiger partial charge in [-0.3, -0.25) is 9.59 Å². The lowest BCUT2D eigenvalue weighted by atomic mass is 9.43. The number of carbonyl (C=O) groups is 2. The number of thiazole rings is 1. The number of aromatic nitrogens is 1. The summed E-state index contributed by atoms with van der Waals surface area (Å²) in [5, 5.41) is 40.4. The minimum Gasteiger partial charge on any atom is -0.393 e. The molecule has 4 aliphatic carbocycles. The summed E-state index contributed by atoms with van der Waals surface area (Å²) in [7, 11) is 0. The van der Waals surface area contributed by atoms with Crippen LogP contribution < -0.4 is 10.6 Å². The van der Waals surface area contributed by atoms with Crippen LogP contribution in [-0.2, 0) is 9.59 Å². The lowest BCUT2D eigenvalue weighted by molar-refractivity contribution is -0.207. The summed E-state index contributed by atoms with van der Waals surface area (Å²) in [4.78, 5) is 31.2. The molecule has 0 unspecified atom stereocenters. The van der Waals surface area contributed by atoms with E-state index in [0.29, 0.717) is 30.3 Å². The molecule has 0 radical (unpaired) electrons. The lowest BCUT2D eigenvalue weighted by Crippen LogP contribution is -2.62. The number of amides is 2. The van der Waals surface area contributed by atoms with Crippen LogP contribution in [0.2, 0.25) is 0 Å². The summed E-state index contributed by atoms with van der Waals surface area (Å²) in [5.74, 6) is 1.09.